The maximum atomic E-state index is 6.98. The van der Waals surface area contributed by atoms with Crippen molar-refractivity contribution in [1.29, 1.82) is 0 Å². The maximum absolute atomic E-state index is 6.98. The van der Waals surface area contributed by atoms with E-state index in [1.807, 2.05) is 11.3 Å². The maximum Gasteiger partial charge on any atom is 0.144 e. The van der Waals surface area contributed by atoms with Crippen LogP contribution in [0.15, 0.2) is 192 Å². The summed E-state index contributed by atoms with van der Waals surface area (Å²) in [6.45, 7) is 0. The van der Waals surface area contributed by atoms with Crippen LogP contribution in [-0.4, -0.2) is 0 Å². The van der Waals surface area contributed by atoms with Gasteiger partial charge in [0.1, 0.15) is 11.2 Å². The van der Waals surface area contributed by atoms with Crippen molar-refractivity contribution in [3.05, 3.63) is 188 Å². The number of anilines is 3. The van der Waals surface area contributed by atoms with Crippen molar-refractivity contribution in [2.24, 2.45) is 0 Å². The van der Waals surface area contributed by atoms with Crippen LogP contribution in [0.3, 0.4) is 0 Å². The molecule has 0 aliphatic rings. The highest BCUT2D eigenvalue weighted by Crippen LogP contribution is 2.47. The molecule has 0 amide bonds. The first kappa shape index (κ1) is 29.5. The third-order valence-electron chi connectivity index (χ3n) is 9.91. The number of para-hydroxylation sites is 2. The standard InChI is InChI=1S/C48H31NOS/c1-3-12-32(13-4-1)34-22-26-36(27-23-34)49(37-28-24-35(25-29-37)33-14-5-2-6-15-33)43-20-9-7-16-38(43)39-18-11-19-40-41-30-31-45-46(48(41)50-47(39)40)42-17-8-10-21-44(42)51-45/h1-31H. The van der Waals surface area contributed by atoms with Crippen LogP contribution in [0.1, 0.15) is 0 Å². The number of benzene rings is 8. The van der Waals surface area contributed by atoms with E-state index in [9.17, 15) is 0 Å². The molecule has 51 heavy (non-hydrogen) atoms. The minimum Gasteiger partial charge on any atom is -0.455 e. The molecule has 8 aromatic carbocycles. The normalized spacial score (nSPS) is 11.5. The van der Waals surface area contributed by atoms with Gasteiger partial charge >= 0.3 is 0 Å². The van der Waals surface area contributed by atoms with Crippen molar-refractivity contribution in [2.75, 3.05) is 4.90 Å². The SMILES string of the molecule is c1ccc(-c2ccc(N(c3ccc(-c4ccccc4)cc3)c3ccccc3-c3cccc4c3oc3c4ccc4sc5ccccc5c43)cc2)cc1. The lowest BCUT2D eigenvalue weighted by Gasteiger charge is -2.28. The molecule has 0 aliphatic heterocycles. The summed E-state index contributed by atoms with van der Waals surface area (Å²) in [5.41, 5.74) is 12.0. The number of rotatable bonds is 6. The largest absolute Gasteiger partial charge is 0.455 e. The average Bonchev–Trinajstić information content (AvgIpc) is 3.78. The second-order valence-electron chi connectivity index (χ2n) is 12.9. The van der Waals surface area contributed by atoms with E-state index in [1.165, 1.54) is 42.4 Å². The van der Waals surface area contributed by atoms with E-state index in [4.69, 9.17) is 4.42 Å². The van der Waals surface area contributed by atoms with Gasteiger partial charge in [-0.25, -0.2) is 0 Å². The molecule has 2 heterocycles. The van der Waals surface area contributed by atoms with Crippen molar-refractivity contribution in [3.63, 3.8) is 0 Å². The van der Waals surface area contributed by atoms with Crippen LogP contribution in [-0.2, 0) is 0 Å². The first-order valence-electron chi connectivity index (χ1n) is 17.3. The summed E-state index contributed by atoms with van der Waals surface area (Å²) in [5, 5.41) is 4.71. The van der Waals surface area contributed by atoms with E-state index in [2.05, 4.69) is 193 Å². The predicted molar refractivity (Wildman–Crippen MR) is 218 cm³/mol. The van der Waals surface area contributed by atoms with Gasteiger partial charge in [-0.15, -0.1) is 11.3 Å². The molecule has 10 rings (SSSR count). The van der Waals surface area contributed by atoms with Crippen LogP contribution in [0.5, 0.6) is 0 Å². The molecular formula is C48H31NOS. The van der Waals surface area contributed by atoms with Gasteiger partial charge in [0.2, 0.25) is 0 Å². The molecule has 10 aromatic rings. The molecule has 0 aliphatic carbocycles. The molecule has 0 atom stereocenters. The molecule has 0 saturated heterocycles. The Bertz CT molecular complexity index is 2750. The highest BCUT2D eigenvalue weighted by molar-refractivity contribution is 7.26. The van der Waals surface area contributed by atoms with Crippen LogP contribution in [0.25, 0.3) is 75.5 Å². The van der Waals surface area contributed by atoms with Crippen LogP contribution in [0.4, 0.5) is 17.1 Å². The van der Waals surface area contributed by atoms with E-state index in [-0.39, 0.29) is 0 Å². The number of hydrogen-bond donors (Lipinski definition) is 0. The third-order valence-corrected chi connectivity index (χ3v) is 11.0. The molecule has 0 spiro atoms. The van der Waals surface area contributed by atoms with E-state index >= 15 is 0 Å². The Labute approximate surface area is 300 Å². The Morgan fingerprint density at radius 2 is 0.882 bits per heavy atom. The highest BCUT2D eigenvalue weighted by Gasteiger charge is 2.22. The van der Waals surface area contributed by atoms with Crippen molar-refractivity contribution in [2.45, 2.75) is 0 Å². The van der Waals surface area contributed by atoms with Crippen LogP contribution in [0, 0.1) is 0 Å². The second-order valence-corrected chi connectivity index (χ2v) is 14.0. The van der Waals surface area contributed by atoms with Gasteiger partial charge in [-0.2, -0.15) is 0 Å². The van der Waals surface area contributed by atoms with Crippen LogP contribution >= 0.6 is 11.3 Å². The lowest BCUT2D eigenvalue weighted by atomic mass is 9.98. The topological polar surface area (TPSA) is 16.4 Å². The molecular weight excluding hydrogens is 639 g/mol. The van der Waals surface area contributed by atoms with Crippen LogP contribution in [0.2, 0.25) is 0 Å². The average molecular weight is 670 g/mol. The van der Waals surface area contributed by atoms with Gasteiger partial charge in [0.15, 0.2) is 0 Å². The van der Waals surface area contributed by atoms with Crippen molar-refractivity contribution in [1.82, 2.24) is 0 Å². The van der Waals surface area contributed by atoms with E-state index in [0.29, 0.717) is 0 Å². The van der Waals surface area contributed by atoms with Crippen molar-refractivity contribution >= 4 is 70.5 Å². The lowest BCUT2D eigenvalue weighted by molar-refractivity contribution is 0.674. The fourth-order valence-electron chi connectivity index (χ4n) is 7.47. The van der Waals surface area contributed by atoms with Gasteiger partial charge < -0.3 is 9.32 Å². The Balaban J connectivity index is 1.17. The summed E-state index contributed by atoms with van der Waals surface area (Å²) in [7, 11) is 0. The first-order chi connectivity index (χ1) is 25.3. The fraction of sp³-hybridized carbons (Fsp3) is 0. The number of furan rings is 1. The van der Waals surface area contributed by atoms with Gasteiger partial charge in [0.05, 0.1) is 5.69 Å². The second kappa shape index (κ2) is 12.2. The van der Waals surface area contributed by atoms with Gasteiger partial charge in [-0.05, 0) is 70.8 Å². The molecule has 2 aromatic heterocycles. The van der Waals surface area contributed by atoms with E-state index in [0.717, 1.165) is 50.1 Å². The summed E-state index contributed by atoms with van der Waals surface area (Å²) >= 11 is 1.82. The van der Waals surface area contributed by atoms with E-state index < -0.39 is 0 Å². The summed E-state index contributed by atoms with van der Waals surface area (Å²) in [4.78, 5) is 2.37. The molecule has 0 saturated carbocycles. The Hall–Kier alpha value is -6.42. The van der Waals surface area contributed by atoms with Crippen molar-refractivity contribution < 1.29 is 4.42 Å². The lowest BCUT2D eigenvalue weighted by Crippen LogP contribution is -2.11. The van der Waals surface area contributed by atoms with Gasteiger partial charge in [-0.3, -0.25) is 0 Å². The van der Waals surface area contributed by atoms with Crippen molar-refractivity contribution in [3.8, 4) is 33.4 Å². The minimum absolute atomic E-state index is 0.904. The molecule has 0 N–H and O–H groups in total. The summed E-state index contributed by atoms with van der Waals surface area (Å²) < 4.78 is 9.50. The zero-order valence-electron chi connectivity index (χ0n) is 27.7. The molecule has 2 nitrogen and oxygen atoms in total. The fourth-order valence-corrected chi connectivity index (χ4v) is 8.57. The molecule has 3 heteroatoms. The molecule has 0 bridgehead atoms. The number of fused-ring (bicyclic) bond motifs is 7. The third kappa shape index (κ3) is 5.01. The van der Waals surface area contributed by atoms with Crippen LogP contribution < -0.4 is 4.90 Å². The number of nitrogens with zero attached hydrogens (tertiary/aromatic N) is 1. The number of thiophene rings is 1. The molecule has 0 unspecified atom stereocenters. The Morgan fingerprint density at radius 1 is 0.353 bits per heavy atom. The summed E-state index contributed by atoms with van der Waals surface area (Å²) in [6, 6.07) is 67.2. The molecule has 0 fully saturated rings. The zero-order chi connectivity index (χ0) is 33.7. The minimum atomic E-state index is 0.904. The first-order valence-corrected chi connectivity index (χ1v) is 18.1. The zero-order valence-corrected chi connectivity index (χ0v) is 28.5. The monoisotopic (exact) mass is 669 g/mol. The predicted octanol–water partition coefficient (Wildman–Crippen LogP) is 14.4. The molecule has 0 radical (unpaired) electrons. The van der Waals surface area contributed by atoms with Gasteiger partial charge in [-0.1, -0.05) is 140 Å². The van der Waals surface area contributed by atoms with E-state index in [1.54, 1.807) is 0 Å². The van der Waals surface area contributed by atoms with Gasteiger partial charge in [0, 0.05) is 53.4 Å². The summed E-state index contributed by atoms with van der Waals surface area (Å²) in [6.07, 6.45) is 0. The Morgan fingerprint density at radius 3 is 1.57 bits per heavy atom. The smallest absolute Gasteiger partial charge is 0.144 e. The number of hydrogen-bond acceptors (Lipinski definition) is 3. The summed E-state index contributed by atoms with van der Waals surface area (Å²) in [5.74, 6) is 0. The quantitative estimate of drug-likeness (QED) is 0.175. The van der Waals surface area contributed by atoms with Gasteiger partial charge in [0.25, 0.3) is 0 Å². The Kier molecular flexibility index (Phi) is 7.04. The highest BCUT2D eigenvalue weighted by atomic mass is 32.1. The molecule has 240 valence electrons.